The lowest BCUT2D eigenvalue weighted by molar-refractivity contribution is 0.509. The average molecular weight is 302 g/mol. The van der Waals surface area contributed by atoms with Crippen LogP contribution in [0, 0.1) is 0 Å². The molecular weight excluding hydrogens is 278 g/mol. The van der Waals surface area contributed by atoms with Gasteiger partial charge in [0.15, 0.2) is 0 Å². The second-order valence-corrected chi connectivity index (χ2v) is 6.86. The van der Waals surface area contributed by atoms with Crippen molar-refractivity contribution >= 4 is 22.4 Å². The van der Waals surface area contributed by atoms with Crippen LogP contribution in [0.1, 0.15) is 38.7 Å². The highest BCUT2D eigenvalue weighted by molar-refractivity contribution is 7.84. The Bertz CT molecular complexity index is 397. The van der Waals surface area contributed by atoms with Gasteiger partial charge in [-0.05, 0) is 44.4 Å². The molecule has 0 radical (unpaired) electrons. The first-order valence-electron chi connectivity index (χ1n) is 6.95. The maximum Gasteiger partial charge on any atom is 0.0500 e. The summed E-state index contributed by atoms with van der Waals surface area (Å²) in [4.78, 5) is 0. The molecule has 1 aromatic rings. The summed E-state index contributed by atoms with van der Waals surface area (Å²) in [5.74, 6) is 1.32. The molecule has 0 heterocycles. The van der Waals surface area contributed by atoms with Crippen LogP contribution in [0.5, 0.6) is 0 Å². The minimum absolute atomic E-state index is 0.511. The molecule has 19 heavy (non-hydrogen) atoms. The van der Waals surface area contributed by atoms with Crippen LogP contribution < -0.4 is 5.32 Å². The topological polar surface area (TPSA) is 29.1 Å². The van der Waals surface area contributed by atoms with Gasteiger partial charge in [0.25, 0.3) is 0 Å². The number of halogens is 1. The molecule has 0 saturated carbocycles. The molecule has 1 rings (SSSR count). The number of nitrogens with one attached hydrogen (secondary N) is 1. The van der Waals surface area contributed by atoms with Gasteiger partial charge in [-0.25, -0.2) is 0 Å². The van der Waals surface area contributed by atoms with Gasteiger partial charge in [-0.3, -0.25) is 4.21 Å². The molecule has 0 aromatic heterocycles. The molecule has 1 aromatic carbocycles. The molecule has 0 bridgehead atoms. The fourth-order valence-corrected chi connectivity index (χ4v) is 3.42. The summed E-state index contributed by atoms with van der Waals surface area (Å²) in [6, 6.07) is 8.15. The third kappa shape index (κ3) is 7.09. The predicted molar refractivity (Wildman–Crippen MR) is 85.2 cm³/mol. The SMILES string of the molecule is CCCNC(C)CCCS(=O)Cc1ccccc1Cl. The largest absolute Gasteiger partial charge is 0.314 e. The van der Waals surface area contributed by atoms with Gasteiger partial charge in [-0.15, -0.1) is 0 Å². The van der Waals surface area contributed by atoms with Crippen molar-refractivity contribution in [1.82, 2.24) is 5.32 Å². The highest BCUT2D eigenvalue weighted by Gasteiger charge is 2.06. The van der Waals surface area contributed by atoms with E-state index in [1.165, 1.54) is 0 Å². The van der Waals surface area contributed by atoms with Crippen LogP contribution >= 0.6 is 11.6 Å². The molecule has 0 amide bonds. The molecule has 0 spiro atoms. The van der Waals surface area contributed by atoms with Gasteiger partial charge in [0.1, 0.15) is 0 Å². The molecule has 1 N–H and O–H groups in total. The first-order chi connectivity index (χ1) is 9.13. The van der Waals surface area contributed by atoms with E-state index < -0.39 is 10.8 Å². The van der Waals surface area contributed by atoms with E-state index >= 15 is 0 Å². The summed E-state index contributed by atoms with van der Waals surface area (Å²) in [5.41, 5.74) is 0.986. The van der Waals surface area contributed by atoms with Crippen molar-refractivity contribution in [3.8, 4) is 0 Å². The monoisotopic (exact) mass is 301 g/mol. The number of hydrogen-bond acceptors (Lipinski definition) is 2. The highest BCUT2D eigenvalue weighted by atomic mass is 35.5. The summed E-state index contributed by atoms with van der Waals surface area (Å²) in [5, 5.41) is 4.16. The summed E-state index contributed by atoms with van der Waals surface area (Å²) >= 11 is 6.07. The zero-order valence-corrected chi connectivity index (χ0v) is 13.4. The number of rotatable bonds is 9. The van der Waals surface area contributed by atoms with Gasteiger partial charge in [0.2, 0.25) is 0 Å². The van der Waals surface area contributed by atoms with E-state index in [4.69, 9.17) is 11.6 Å². The van der Waals surface area contributed by atoms with E-state index in [1.807, 2.05) is 24.3 Å². The van der Waals surface area contributed by atoms with E-state index in [0.29, 0.717) is 16.8 Å². The molecule has 0 fully saturated rings. The van der Waals surface area contributed by atoms with Crippen LogP contribution in [0.3, 0.4) is 0 Å². The fraction of sp³-hybridized carbons (Fsp3) is 0.600. The van der Waals surface area contributed by atoms with Gasteiger partial charge in [0, 0.05) is 33.4 Å². The minimum atomic E-state index is -0.816. The zero-order valence-electron chi connectivity index (χ0n) is 11.8. The summed E-state index contributed by atoms with van der Waals surface area (Å²) < 4.78 is 12.0. The smallest absolute Gasteiger partial charge is 0.0500 e. The lowest BCUT2D eigenvalue weighted by Crippen LogP contribution is -2.26. The normalized spacial score (nSPS) is 14.3. The molecule has 2 unspecified atom stereocenters. The molecule has 2 nitrogen and oxygen atoms in total. The second-order valence-electron chi connectivity index (χ2n) is 4.88. The Hall–Kier alpha value is -0.380. The molecule has 4 heteroatoms. The first-order valence-corrected chi connectivity index (χ1v) is 8.81. The fourth-order valence-electron chi connectivity index (χ4n) is 1.90. The molecule has 0 aliphatic carbocycles. The standard InChI is InChI=1S/C15H24ClNOS/c1-3-10-17-13(2)7-6-11-19(18)12-14-8-4-5-9-15(14)16/h4-5,8-9,13,17H,3,6-7,10-12H2,1-2H3. The summed E-state index contributed by atoms with van der Waals surface area (Å²) in [6.07, 6.45) is 3.23. The minimum Gasteiger partial charge on any atom is -0.314 e. The average Bonchev–Trinajstić information content (AvgIpc) is 2.39. The van der Waals surface area contributed by atoms with E-state index in [9.17, 15) is 4.21 Å². The van der Waals surface area contributed by atoms with Crippen LogP contribution in [0.2, 0.25) is 5.02 Å². The van der Waals surface area contributed by atoms with Crippen LogP contribution in [0.25, 0.3) is 0 Å². The predicted octanol–water partition coefficient (Wildman–Crippen LogP) is 3.76. The Morgan fingerprint density at radius 3 is 2.79 bits per heavy atom. The van der Waals surface area contributed by atoms with Gasteiger partial charge >= 0.3 is 0 Å². The van der Waals surface area contributed by atoms with Crippen molar-refractivity contribution in [3.63, 3.8) is 0 Å². The molecule has 0 saturated heterocycles. The van der Waals surface area contributed by atoms with E-state index in [-0.39, 0.29) is 0 Å². The highest BCUT2D eigenvalue weighted by Crippen LogP contribution is 2.17. The van der Waals surface area contributed by atoms with Crippen molar-refractivity contribution in [1.29, 1.82) is 0 Å². The maximum atomic E-state index is 12.0. The van der Waals surface area contributed by atoms with Crippen LogP contribution in [-0.2, 0) is 16.6 Å². The zero-order chi connectivity index (χ0) is 14.1. The van der Waals surface area contributed by atoms with Crippen LogP contribution in [0.15, 0.2) is 24.3 Å². The third-order valence-electron chi connectivity index (χ3n) is 3.03. The molecule has 0 aliphatic heterocycles. The number of hydrogen-bond donors (Lipinski definition) is 1. The summed E-state index contributed by atoms with van der Waals surface area (Å²) in [6.45, 7) is 5.41. The Balaban J connectivity index is 2.23. The molecular formula is C15H24ClNOS. The Morgan fingerprint density at radius 2 is 2.11 bits per heavy atom. The van der Waals surface area contributed by atoms with E-state index in [2.05, 4.69) is 19.2 Å². The van der Waals surface area contributed by atoms with Crippen molar-refractivity contribution < 1.29 is 4.21 Å². The lowest BCUT2D eigenvalue weighted by Gasteiger charge is -2.12. The molecule has 108 valence electrons. The Kier molecular flexibility index (Phi) is 8.35. The van der Waals surface area contributed by atoms with Crippen molar-refractivity contribution in [3.05, 3.63) is 34.9 Å². The first kappa shape index (κ1) is 16.7. The number of benzene rings is 1. The van der Waals surface area contributed by atoms with Crippen LogP contribution in [0.4, 0.5) is 0 Å². The van der Waals surface area contributed by atoms with Gasteiger partial charge < -0.3 is 5.32 Å². The summed E-state index contributed by atoms with van der Waals surface area (Å²) in [7, 11) is -0.816. The lowest BCUT2D eigenvalue weighted by atomic mass is 10.2. The maximum absolute atomic E-state index is 12.0. The van der Waals surface area contributed by atoms with Crippen molar-refractivity contribution in [2.24, 2.45) is 0 Å². The third-order valence-corrected chi connectivity index (χ3v) is 4.77. The molecule has 0 aliphatic rings. The van der Waals surface area contributed by atoms with Crippen molar-refractivity contribution in [2.75, 3.05) is 12.3 Å². The van der Waals surface area contributed by atoms with E-state index in [0.717, 1.165) is 37.1 Å². The Morgan fingerprint density at radius 1 is 1.37 bits per heavy atom. The van der Waals surface area contributed by atoms with Gasteiger partial charge in [-0.2, -0.15) is 0 Å². The molecule has 2 atom stereocenters. The van der Waals surface area contributed by atoms with Gasteiger partial charge in [-0.1, -0.05) is 36.7 Å². The van der Waals surface area contributed by atoms with Crippen LogP contribution in [-0.4, -0.2) is 22.5 Å². The van der Waals surface area contributed by atoms with E-state index in [1.54, 1.807) is 0 Å². The Labute approximate surface area is 124 Å². The van der Waals surface area contributed by atoms with Gasteiger partial charge in [0.05, 0.1) is 0 Å². The second kappa shape index (κ2) is 9.51. The quantitative estimate of drug-likeness (QED) is 0.752. The van der Waals surface area contributed by atoms with Crippen molar-refractivity contribution in [2.45, 2.75) is 44.9 Å².